The molecule has 1 atom stereocenters. The van der Waals surface area contributed by atoms with Crippen molar-refractivity contribution in [3.8, 4) is 0 Å². The highest BCUT2D eigenvalue weighted by molar-refractivity contribution is 5.79. The van der Waals surface area contributed by atoms with Crippen molar-refractivity contribution in [2.75, 3.05) is 13.1 Å². The number of nitrogens with one attached hydrogen (secondary N) is 2. The van der Waals surface area contributed by atoms with Gasteiger partial charge in [0.05, 0.1) is 12.5 Å². The number of carbonyl (C=O) groups is 2. The lowest BCUT2D eigenvalue weighted by Gasteiger charge is -2.32. The van der Waals surface area contributed by atoms with Gasteiger partial charge in [-0.3, -0.25) is 14.5 Å². The van der Waals surface area contributed by atoms with Gasteiger partial charge in [0.2, 0.25) is 11.8 Å². The fraction of sp³-hybridized carbons (Fsp3) is 0.417. The van der Waals surface area contributed by atoms with E-state index in [4.69, 9.17) is 0 Å². The van der Waals surface area contributed by atoms with Crippen LogP contribution in [0.2, 0.25) is 0 Å². The number of aryl methyl sites for hydroxylation is 1. The molecular formula is C24H31N3O2. The van der Waals surface area contributed by atoms with Crippen LogP contribution in [0.3, 0.4) is 0 Å². The van der Waals surface area contributed by atoms with Gasteiger partial charge in [-0.2, -0.15) is 0 Å². The third-order valence-electron chi connectivity index (χ3n) is 5.45. The molecule has 0 aliphatic carbocycles. The van der Waals surface area contributed by atoms with Crippen molar-refractivity contribution in [2.45, 2.75) is 51.7 Å². The smallest absolute Gasteiger partial charge is 0.222 e. The van der Waals surface area contributed by atoms with Crippen LogP contribution in [0.4, 0.5) is 0 Å². The topological polar surface area (TPSA) is 61.4 Å². The number of nitrogens with zero attached hydrogens (tertiary/aromatic N) is 1. The molecule has 2 aromatic rings. The minimum Gasteiger partial charge on any atom is -0.353 e. The average Bonchev–Trinajstić information content (AvgIpc) is 2.70. The molecule has 1 aliphatic heterocycles. The van der Waals surface area contributed by atoms with Crippen LogP contribution in [0.1, 0.15) is 48.9 Å². The van der Waals surface area contributed by atoms with Crippen LogP contribution in [0.15, 0.2) is 54.6 Å². The number of carbonyl (C=O) groups excluding carboxylic acids is 2. The summed E-state index contributed by atoms with van der Waals surface area (Å²) in [6.07, 6.45) is 2.16. The van der Waals surface area contributed by atoms with Gasteiger partial charge in [-0.15, -0.1) is 0 Å². The lowest BCUT2D eigenvalue weighted by Crippen LogP contribution is -2.45. The number of piperidine rings is 1. The van der Waals surface area contributed by atoms with E-state index < -0.39 is 0 Å². The predicted octanol–water partition coefficient (Wildman–Crippen LogP) is 3.34. The Kier molecular flexibility index (Phi) is 7.42. The van der Waals surface area contributed by atoms with Gasteiger partial charge in [-0.1, -0.05) is 60.2 Å². The molecule has 0 saturated carbocycles. The van der Waals surface area contributed by atoms with Crippen LogP contribution in [0.25, 0.3) is 0 Å². The number of rotatable bonds is 7. The van der Waals surface area contributed by atoms with Crippen molar-refractivity contribution >= 4 is 11.8 Å². The van der Waals surface area contributed by atoms with Gasteiger partial charge in [-0.05, 0) is 30.9 Å². The van der Waals surface area contributed by atoms with Gasteiger partial charge >= 0.3 is 0 Å². The molecule has 5 heteroatoms. The van der Waals surface area contributed by atoms with Crippen LogP contribution in [-0.2, 0) is 16.1 Å². The maximum absolute atomic E-state index is 12.6. The van der Waals surface area contributed by atoms with E-state index in [0.29, 0.717) is 0 Å². The van der Waals surface area contributed by atoms with Gasteiger partial charge in [0, 0.05) is 32.6 Å². The van der Waals surface area contributed by atoms with Crippen molar-refractivity contribution in [3.63, 3.8) is 0 Å². The summed E-state index contributed by atoms with van der Waals surface area (Å²) in [7, 11) is 0. The second-order valence-corrected chi connectivity index (χ2v) is 7.97. The van der Waals surface area contributed by atoms with Gasteiger partial charge in [0.1, 0.15) is 0 Å². The molecule has 0 aromatic heterocycles. The molecular weight excluding hydrogens is 362 g/mol. The van der Waals surface area contributed by atoms with Crippen LogP contribution < -0.4 is 10.6 Å². The van der Waals surface area contributed by atoms with Crippen LogP contribution in [0, 0.1) is 6.92 Å². The zero-order valence-corrected chi connectivity index (χ0v) is 17.4. The molecule has 0 radical (unpaired) electrons. The maximum Gasteiger partial charge on any atom is 0.222 e. The van der Waals surface area contributed by atoms with E-state index in [0.717, 1.165) is 43.6 Å². The number of hydrogen-bond donors (Lipinski definition) is 2. The molecule has 0 spiro atoms. The van der Waals surface area contributed by atoms with E-state index in [1.807, 2.05) is 37.3 Å². The van der Waals surface area contributed by atoms with Crippen LogP contribution in [0.5, 0.6) is 0 Å². The van der Waals surface area contributed by atoms with Crippen molar-refractivity contribution in [1.29, 1.82) is 0 Å². The number of amides is 2. The van der Waals surface area contributed by atoms with Gasteiger partial charge < -0.3 is 10.6 Å². The van der Waals surface area contributed by atoms with E-state index in [2.05, 4.69) is 39.8 Å². The third-order valence-corrected chi connectivity index (χ3v) is 5.45. The second-order valence-electron chi connectivity index (χ2n) is 7.97. The average molecular weight is 394 g/mol. The van der Waals surface area contributed by atoms with Gasteiger partial charge in [-0.25, -0.2) is 0 Å². The normalized spacial score (nSPS) is 16.2. The van der Waals surface area contributed by atoms with Crippen molar-refractivity contribution in [1.82, 2.24) is 15.5 Å². The Bertz CT molecular complexity index is 797. The first-order valence-electron chi connectivity index (χ1n) is 10.4. The van der Waals surface area contributed by atoms with Crippen molar-refractivity contribution in [2.24, 2.45) is 0 Å². The van der Waals surface area contributed by atoms with Gasteiger partial charge in [0.15, 0.2) is 0 Å². The zero-order valence-electron chi connectivity index (χ0n) is 17.4. The minimum atomic E-state index is -0.300. The molecule has 1 aliphatic rings. The lowest BCUT2D eigenvalue weighted by atomic mass is 10.0. The summed E-state index contributed by atoms with van der Waals surface area (Å²) in [4.78, 5) is 26.7. The largest absolute Gasteiger partial charge is 0.353 e. The summed E-state index contributed by atoms with van der Waals surface area (Å²) in [6.45, 7) is 6.43. The summed E-state index contributed by atoms with van der Waals surface area (Å²) in [5, 5.41) is 6.08. The fourth-order valence-corrected chi connectivity index (χ4v) is 3.85. The quantitative estimate of drug-likeness (QED) is 0.758. The monoisotopic (exact) mass is 393 g/mol. The Balaban J connectivity index is 1.49. The highest BCUT2D eigenvalue weighted by Crippen LogP contribution is 2.19. The van der Waals surface area contributed by atoms with Gasteiger partial charge in [0.25, 0.3) is 0 Å². The molecule has 2 amide bonds. The molecule has 0 bridgehead atoms. The molecule has 2 N–H and O–H groups in total. The SMILES string of the molecule is CC(=O)NC(CC(=O)NC1CCN(Cc2ccccc2)CC1)c1ccc(C)cc1. The molecule has 1 fully saturated rings. The Hall–Kier alpha value is -2.66. The van der Waals surface area contributed by atoms with Crippen LogP contribution in [-0.4, -0.2) is 35.8 Å². The van der Waals surface area contributed by atoms with Crippen molar-refractivity contribution in [3.05, 3.63) is 71.3 Å². The minimum absolute atomic E-state index is 0.00849. The number of benzene rings is 2. The first-order valence-corrected chi connectivity index (χ1v) is 10.4. The molecule has 1 saturated heterocycles. The highest BCUT2D eigenvalue weighted by atomic mass is 16.2. The molecule has 2 aromatic carbocycles. The highest BCUT2D eigenvalue weighted by Gasteiger charge is 2.23. The first-order chi connectivity index (χ1) is 14.0. The summed E-state index contributed by atoms with van der Waals surface area (Å²) in [5.41, 5.74) is 3.44. The van der Waals surface area contributed by atoms with E-state index >= 15 is 0 Å². The summed E-state index contributed by atoms with van der Waals surface area (Å²) >= 11 is 0. The number of likely N-dealkylation sites (tertiary alicyclic amines) is 1. The zero-order chi connectivity index (χ0) is 20.6. The van der Waals surface area contributed by atoms with E-state index in [1.165, 1.54) is 12.5 Å². The maximum atomic E-state index is 12.6. The Morgan fingerprint density at radius 1 is 1.03 bits per heavy atom. The standard InChI is InChI=1S/C24H31N3O2/c1-18-8-10-21(11-9-18)23(25-19(2)28)16-24(29)26-22-12-14-27(15-13-22)17-20-6-4-3-5-7-20/h3-11,22-23H,12-17H2,1-2H3,(H,25,28)(H,26,29). The Labute approximate surface area is 173 Å². The summed E-state index contributed by atoms with van der Waals surface area (Å²) in [6, 6.07) is 18.4. The van der Waals surface area contributed by atoms with Crippen LogP contribution >= 0.6 is 0 Å². The lowest BCUT2D eigenvalue weighted by molar-refractivity contribution is -0.123. The fourth-order valence-electron chi connectivity index (χ4n) is 3.85. The predicted molar refractivity (Wildman–Crippen MR) is 115 cm³/mol. The molecule has 1 heterocycles. The third kappa shape index (κ3) is 6.71. The van der Waals surface area contributed by atoms with Crippen molar-refractivity contribution < 1.29 is 9.59 Å². The Morgan fingerprint density at radius 2 is 1.69 bits per heavy atom. The van der Waals surface area contributed by atoms with E-state index in [9.17, 15) is 9.59 Å². The first kappa shape index (κ1) is 21.1. The Morgan fingerprint density at radius 3 is 2.31 bits per heavy atom. The van der Waals surface area contributed by atoms with E-state index in [1.54, 1.807) is 0 Å². The second kappa shape index (κ2) is 10.2. The summed E-state index contributed by atoms with van der Waals surface area (Å²) in [5.74, 6) is -0.136. The molecule has 5 nitrogen and oxygen atoms in total. The molecule has 154 valence electrons. The molecule has 3 rings (SSSR count). The molecule has 1 unspecified atom stereocenters. The number of hydrogen-bond acceptors (Lipinski definition) is 3. The molecule has 29 heavy (non-hydrogen) atoms. The summed E-state index contributed by atoms with van der Waals surface area (Å²) < 4.78 is 0. The van der Waals surface area contributed by atoms with E-state index in [-0.39, 0.29) is 30.3 Å².